The molecular formula is C9H10Br2O2. The van der Waals surface area contributed by atoms with E-state index in [4.69, 9.17) is 4.42 Å². The Bertz CT molecular complexity index is 307. The minimum Gasteiger partial charge on any atom is -0.449 e. The Morgan fingerprint density at radius 3 is 2.62 bits per heavy atom. The van der Waals surface area contributed by atoms with Crippen LogP contribution in [0, 0.1) is 0 Å². The van der Waals surface area contributed by atoms with E-state index >= 15 is 0 Å². The van der Waals surface area contributed by atoms with Crippen molar-refractivity contribution in [2.45, 2.75) is 20.0 Å². The number of aliphatic hydroxyl groups excluding tert-OH is 1. The van der Waals surface area contributed by atoms with Gasteiger partial charge in [-0.05, 0) is 63.4 Å². The first-order valence-electron chi connectivity index (χ1n) is 3.82. The van der Waals surface area contributed by atoms with Crippen molar-refractivity contribution in [3.63, 3.8) is 0 Å². The Labute approximate surface area is 93.9 Å². The Morgan fingerprint density at radius 1 is 1.62 bits per heavy atom. The van der Waals surface area contributed by atoms with E-state index in [2.05, 4.69) is 31.9 Å². The van der Waals surface area contributed by atoms with Gasteiger partial charge in [-0.2, -0.15) is 0 Å². The van der Waals surface area contributed by atoms with Gasteiger partial charge in [-0.15, -0.1) is 0 Å². The van der Waals surface area contributed by atoms with E-state index in [1.165, 1.54) is 0 Å². The maximum atomic E-state index is 9.22. The number of hydrogen-bond acceptors (Lipinski definition) is 2. The van der Waals surface area contributed by atoms with Gasteiger partial charge in [0.05, 0.1) is 10.6 Å². The molecule has 1 N–H and O–H groups in total. The summed E-state index contributed by atoms with van der Waals surface area (Å²) in [6.45, 7) is 3.58. The van der Waals surface area contributed by atoms with Crippen molar-refractivity contribution in [1.82, 2.24) is 0 Å². The first-order chi connectivity index (χ1) is 6.00. The zero-order chi connectivity index (χ0) is 10.0. The Hall–Kier alpha value is -0.0600. The molecule has 0 amide bonds. The molecule has 1 rings (SSSR count). The van der Waals surface area contributed by atoms with Crippen LogP contribution in [0.3, 0.4) is 0 Å². The quantitative estimate of drug-likeness (QED) is 0.905. The third-order valence-electron chi connectivity index (χ3n) is 1.69. The molecule has 0 fully saturated rings. The molecule has 0 aliphatic carbocycles. The summed E-state index contributed by atoms with van der Waals surface area (Å²) in [5, 5.41) is 9.22. The summed E-state index contributed by atoms with van der Waals surface area (Å²) in [7, 11) is 0. The first-order valence-corrected chi connectivity index (χ1v) is 5.40. The summed E-state index contributed by atoms with van der Waals surface area (Å²) >= 11 is 6.55. The van der Waals surface area contributed by atoms with Gasteiger partial charge in [0, 0.05) is 0 Å². The highest BCUT2D eigenvalue weighted by Gasteiger charge is 2.05. The molecule has 4 heteroatoms. The molecule has 2 nitrogen and oxygen atoms in total. The minimum atomic E-state index is -0.442. The van der Waals surface area contributed by atoms with E-state index in [0.717, 1.165) is 15.8 Å². The lowest BCUT2D eigenvalue weighted by atomic mass is 10.2. The zero-order valence-electron chi connectivity index (χ0n) is 7.34. The van der Waals surface area contributed by atoms with Crippen LogP contribution in [0.2, 0.25) is 0 Å². The molecule has 72 valence electrons. The number of aliphatic hydroxyl groups is 1. The van der Waals surface area contributed by atoms with Gasteiger partial charge in [0.2, 0.25) is 0 Å². The number of hydrogen-bond donors (Lipinski definition) is 1. The predicted molar refractivity (Wildman–Crippen MR) is 59.4 cm³/mol. The molecule has 0 aromatic carbocycles. The van der Waals surface area contributed by atoms with Gasteiger partial charge in [0.1, 0.15) is 5.76 Å². The SMILES string of the molecule is CC(=Cc1cc(Br)c(Br)o1)C(C)O. The Kier molecular flexibility index (Phi) is 3.76. The topological polar surface area (TPSA) is 33.4 Å². The van der Waals surface area contributed by atoms with Crippen molar-refractivity contribution >= 4 is 37.9 Å². The van der Waals surface area contributed by atoms with Gasteiger partial charge in [-0.1, -0.05) is 0 Å². The van der Waals surface area contributed by atoms with E-state index in [9.17, 15) is 5.11 Å². The second-order valence-corrected chi connectivity index (χ2v) is 4.41. The van der Waals surface area contributed by atoms with Crippen molar-refractivity contribution in [1.29, 1.82) is 0 Å². The molecule has 0 radical (unpaired) electrons. The lowest BCUT2D eigenvalue weighted by Gasteiger charge is -2.01. The molecule has 1 unspecified atom stereocenters. The van der Waals surface area contributed by atoms with Crippen LogP contribution in [-0.2, 0) is 0 Å². The van der Waals surface area contributed by atoms with E-state index in [0.29, 0.717) is 4.67 Å². The van der Waals surface area contributed by atoms with Gasteiger partial charge in [0.25, 0.3) is 0 Å². The fraction of sp³-hybridized carbons (Fsp3) is 0.333. The van der Waals surface area contributed by atoms with Crippen LogP contribution in [0.4, 0.5) is 0 Å². The van der Waals surface area contributed by atoms with Gasteiger partial charge in [-0.25, -0.2) is 0 Å². The molecular weight excluding hydrogens is 300 g/mol. The van der Waals surface area contributed by atoms with E-state index in [-0.39, 0.29) is 0 Å². The van der Waals surface area contributed by atoms with Gasteiger partial charge < -0.3 is 9.52 Å². The van der Waals surface area contributed by atoms with Crippen LogP contribution >= 0.6 is 31.9 Å². The van der Waals surface area contributed by atoms with Crippen LogP contribution in [0.1, 0.15) is 19.6 Å². The number of rotatable bonds is 2. The molecule has 0 saturated carbocycles. The first kappa shape index (κ1) is 11.0. The van der Waals surface area contributed by atoms with Gasteiger partial charge in [0.15, 0.2) is 4.67 Å². The average Bonchev–Trinajstić information content (AvgIpc) is 2.31. The van der Waals surface area contributed by atoms with E-state index < -0.39 is 6.10 Å². The maximum Gasteiger partial charge on any atom is 0.184 e. The molecule has 1 aromatic rings. The Balaban J connectivity index is 2.91. The fourth-order valence-electron chi connectivity index (χ4n) is 0.779. The van der Waals surface area contributed by atoms with Gasteiger partial charge >= 0.3 is 0 Å². The summed E-state index contributed by atoms with van der Waals surface area (Å²) in [4.78, 5) is 0. The smallest absolute Gasteiger partial charge is 0.184 e. The third-order valence-corrected chi connectivity index (χ3v) is 3.40. The van der Waals surface area contributed by atoms with E-state index in [1.807, 2.05) is 13.0 Å². The van der Waals surface area contributed by atoms with Crippen molar-refractivity contribution in [3.05, 3.63) is 26.5 Å². The lowest BCUT2D eigenvalue weighted by molar-refractivity contribution is 0.232. The second-order valence-electron chi connectivity index (χ2n) is 2.83. The van der Waals surface area contributed by atoms with Crippen molar-refractivity contribution < 1.29 is 9.52 Å². The van der Waals surface area contributed by atoms with Crippen molar-refractivity contribution in [2.75, 3.05) is 0 Å². The molecule has 13 heavy (non-hydrogen) atoms. The third kappa shape index (κ3) is 2.97. The highest BCUT2D eigenvalue weighted by Crippen LogP contribution is 2.28. The average molecular weight is 310 g/mol. The number of furan rings is 1. The monoisotopic (exact) mass is 308 g/mol. The summed E-state index contributed by atoms with van der Waals surface area (Å²) in [6.07, 6.45) is 1.36. The van der Waals surface area contributed by atoms with Crippen LogP contribution in [0.15, 0.2) is 25.2 Å². The van der Waals surface area contributed by atoms with Crippen LogP contribution in [0.25, 0.3) is 6.08 Å². The van der Waals surface area contributed by atoms with Crippen LogP contribution in [-0.4, -0.2) is 11.2 Å². The predicted octanol–water partition coefficient (Wildman–Crippen LogP) is 3.59. The summed E-state index contributed by atoms with van der Waals surface area (Å²) in [6, 6.07) is 1.84. The molecule has 0 aliphatic heterocycles. The highest BCUT2D eigenvalue weighted by atomic mass is 79.9. The summed E-state index contributed by atoms with van der Waals surface area (Å²) in [5.41, 5.74) is 0.869. The van der Waals surface area contributed by atoms with Crippen LogP contribution < -0.4 is 0 Å². The van der Waals surface area contributed by atoms with Crippen molar-refractivity contribution in [3.8, 4) is 0 Å². The van der Waals surface area contributed by atoms with Crippen molar-refractivity contribution in [2.24, 2.45) is 0 Å². The normalized spacial score (nSPS) is 14.7. The number of halogens is 2. The Morgan fingerprint density at radius 2 is 2.23 bits per heavy atom. The summed E-state index contributed by atoms with van der Waals surface area (Å²) < 4.78 is 6.85. The fourth-order valence-corrected chi connectivity index (χ4v) is 1.39. The molecule has 0 aliphatic rings. The van der Waals surface area contributed by atoms with E-state index in [1.54, 1.807) is 13.0 Å². The molecule has 1 heterocycles. The largest absolute Gasteiger partial charge is 0.449 e. The highest BCUT2D eigenvalue weighted by molar-refractivity contribution is 9.13. The second kappa shape index (κ2) is 4.44. The maximum absolute atomic E-state index is 9.22. The minimum absolute atomic E-state index is 0.442. The molecule has 0 spiro atoms. The van der Waals surface area contributed by atoms with Gasteiger partial charge in [-0.3, -0.25) is 0 Å². The zero-order valence-corrected chi connectivity index (χ0v) is 10.5. The molecule has 1 atom stereocenters. The molecule has 1 aromatic heterocycles. The standard InChI is InChI=1S/C9H10Br2O2/c1-5(6(2)12)3-7-4-8(10)9(11)13-7/h3-4,6,12H,1-2H3. The lowest BCUT2D eigenvalue weighted by Crippen LogP contribution is -1.99. The van der Waals surface area contributed by atoms with Crippen LogP contribution in [0.5, 0.6) is 0 Å². The molecule has 0 bridgehead atoms. The summed E-state index contributed by atoms with van der Waals surface area (Å²) in [5.74, 6) is 0.720. The molecule has 0 saturated heterocycles.